The van der Waals surface area contributed by atoms with Crippen LogP contribution in [0.4, 0.5) is 0 Å². The molecule has 2 N–H and O–H groups in total. The van der Waals surface area contributed by atoms with Crippen molar-refractivity contribution in [1.82, 2.24) is 0 Å². The average molecular weight is 423 g/mol. The van der Waals surface area contributed by atoms with Gasteiger partial charge in [-0.05, 0) is 37.8 Å². The highest BCUT2D eigenvalue weighted by Crippen LogP contribution is 2.64. The quantitative estimate of drug-likeness (QED) is 0.701. The first-order valence-electron chi connectivity index (χ1n) is 8.98. The molecular formula is C21H20Cl2O5. The number of ketones is 1. The van der Waals surface area contributed by atoms with Gasteiger partial charge >= 0.3 is 0 Å². The molecule has 0 unspecified atom stereocenters. The number of ether oxygens (including phenoxy) is 2. The number of phenolic OH excluding ortho intramolecular Hbond substituents is 2. The number of hydrogen-bond donors (Lipinski definition) is 2. The number of methoxy groups -OCH3 is 2. The maximum Gasteiger partial charge on any atom is 0.154 e. The maximum atomic E-state index is 13.8. The third kappa shape index (κ3) is 2.72. The zero-order valence-corrected chi connectivity index (χ0v) is 17.0. The van der Waals surface area contributed by atoms with Crippen molar-refractivity contribution in [3.8, 4) is 23.0 Å². The lowest BCUT2D eigenvalue weighted by atomic mass is 9.78. The normalized spacial score (nSPS) is 18.4. The van der Waals surface area contributed by atoms with E-state index in [1.54, 1.807) is 12.1 Å². The molecule has 4 rings (SSSR count). The van der Waals surface area contributed by atoms with Gasteiger partial charge in [0, 0.05) is 23.3 Å². The van der Waals surface area contributed by atoms with Gasteiger partial charge in [-0.1, -0.05) is 23.2 Å². The highest BCUT2D eigenvalue weighted by Gasteiger charge is 2.65. The van der Waals surface area contributed by atoms with Crippen molar-refractivity contribution in [2.45, 2.75) is 36.5 Å². The highest BCUT2D eigenvalue weighted by molar-refractivity contribution is 6.33. The van der Waals surface area contributed by atoms with E-state index in [2.05, 4.69) is 0 Å². The fourth-order valence-corrected chi connectivity index (χ4v) is 4.81. The number of hydrogen-bond acceptors (Lipinski definition) is 5. The Bertz CT molecular complexity index is 900. The summed E-state index contributed by atoms with van der Waals surface area (Å²) >= 11 is 12.5. The van der Waals surface area contributed by atoms with Gasteiger partial charge in [0.2, 0.25) is 0 Å². The van der Waals surface area contributed by atoms with Gasteiger partial charge in [0.25, 0.3) is 0 Å². The van der Waals surface area contributed by atoms with Crippen LogP contribution in [0, 0.1) is 0 Å². The van der Waals surface area contributed by atoms with E-state index in [0.29, 0.717) is 48.3 Å². The van der Waals surface area contributed by atoms with Gasteiger partial charge in [-0.2, -0.15) is 0 Å². The molecule has 28 heavy (non-hydrogen) atoms. The fraction of sp³-hybridized carbons (Fsp3) is 0.381. The monoisotopic (exact) mass is 422 g/mol. The Hall–Kier alpha value is -2.11. The maximum absolute atomic E-state index is 13.8. The molecule has 2 saturated carbocycles. The van der Waals surface area contributed by atoms with Crippen LogP contribution in [-0.2, 0) is 15.6 Å². The lowest BCUT2D eigenvalue weighted by molar-refractivity contribution is -0.124. The van der Waals surface area contributed by atoms with Crippen LogP contribution in [0.25, 0.3) is 0 Å². The van der Waals surface area contributed by atoms with Crippen molar-refractivity contribution >= 4 is 29.0 Å². The number of rotatable bonds is 6. The summed E-state index contributed by atoms with van der Waals surface area (Å²) in [5.74, 6) is 0.800. The third-order valence-corrected chi connectivity index (χ3v) is 6.43. The van der Waals surface area contributed by atoms with Crippen molar-refractivity contribution in [1.29, 1.82) is 0 Å². The number of phenols is 2. The second-order valence-electron chi connectivity index (χ2n) is 7.51. The van der Waals surface area contributed by atoms with E-state index in [0.717, 1.165) is 0 Å². The molecule has 148 valence electrons. The van der Waals surface area contributed by atoms with Gasteiger partial charge in [0.05, 0.1) is 35.1 Å². The molecule has 0 aromatic heterocycles. The second-order valence-corrected chi connectivity index (χ2v) is 8.32. The number of benzene rings is 2. The Morgan fingerprint density at radius 2 is 1.18 bits per heavy atom. The number of halogens is 2. The molecule has 0 spiro atoms. The number of carbonyl (C=O) groups is 1. The van der Waals surface area contributed by atoms with Gasteiger partial charge < -0.3 is 19.7 Å². The van der Waals surface area contributed by atoms with Crippen molar-refractivity contribution in [2.24, 2.45) is 0 Å². The molecule has 2 aliphatic rings. The molecule has 2 aliphatic carbocycles. The largest absolute Gasteiger partial charge is 0.508 e. The van der Waals surface area contributed by atoms with Crippen LogP contribution in [0.15, 0.2) is 24.3 Å². The van der Waals surface area contributed by atoms with Crippen molar-refractivity contribution < 1.29 is 24.5 Å². The molecule has 0 amide bonds. The van der Waals surface area contributed by atoms with Crippen LogP contribution in [0.2, 0.25) is 10.0 Å². The summed E-state index contributed by atoms with van der Waals surface area (Å²) in [6.07, 6.45) is 2.55. The summed E-state index contributed by atoms with van der Waals surface area (Å²) in [6.45, 7) is 0. The summed E-state index contributed by atoms with van der Waals surface area (Å²) < 4.78 is 10.9. The van der Waals surface area contributed by atoms with E-state index >= 15 is 0 Å². The van der Waals surface area contributed by atoms with Crippen LogP contribution < -0.4 is 9.47 Å². The van der Waals surface area contributed by atoms with E-state index in [-0.39, 0.29) is 27.3 Å². The summed E-state index contributed by atoms with van der Waals surface area (Å²) in [5.41, 5.74) is -0.372. The minimum Gasteiger partial charge on any atom is -0.508 e. The topological polar surface area (TPSA) is 76.0 Å². The highest BCUT2D eigenvalue weighted by atomic mass is 35.5. The third-order valence-electron chi connectivity index (χ3n) is 5.87. The molecule has 0 radical (unpaired) electrons. The summed E-state index contributed by atoms with van der Waals surface area (Å²) in [4.78, 5) is 13.8. The predicted octanol–water partition coefficient (Wildman–Crippen LogP) is 4.75. The van der Waals surface area contributed by atoms with Crippen molar-refractivity contribution in [2.75, 3.05) is 14.2 Å². The molecular weight excluding hydrogens is 403 g/mol. The minimum atomic E-state index is -0.785. The lowest BCUT2D eigenvalue weighted by Gasteiger charge is -2.26. The molecule has 0 atom stereocenters. The first-order valence-corrected chi connectivity index (χ1v) is 9.73. The SMILES string of the molecule is COc1c(Cl)cc(O)cc1C1(C(=O)C2(c3cc(O)cc(Cl)c3OC)CC2)CC1. The zero-order chi connectivity index (χ0) is 20.3. The summed E-state index contributed by atoms with van der Waals surface area (Å²) in [7, 11) is 2.99. The van der Waals surface area contributed by atoms with Crippen LogP contribution in [-0.4, -0.2) is 30.2 Å². The van der Waals surface area contributed by atoms with Crippen LogP contribution in [0.3, 0.4) is 0 Å². The molecule has 2 aromatic carbocycles. The van der Waals surface area contributed by atoms with E-state index in [9.17, 15) is 15.0 Å². The van der Waals surface area contributed by atoms with E-state index in [4.69, 9.17) is 32.7 Å². The first-order chi connectivity index (χ1) is 13.3. The molecule has 7 heteroatoms. The molecule has 0 aliphatic heterocycles. The zero-order valence-electron chi connectivity index (χ0n) is 15.5. The lowest BCUT2D eigenvalue weighted by Crippen LogP contribution is -2.33. The Balaban J connectivity index is 1.83. The first kappa shape index (κ1) is 19.2. The van der Waals surface area contributed by atoms with Crippen LogP contribution in [0.1, 0.15) is 36.8 Å². The predicted molar refractivity (Wildman–Crippen MR) is 106 cm³/mol. The Kier molecular flexibility index (Phi) is 4.43. The van der Waals surface area contributed by atoms with Crippen LogP contribution in [0.5, 0.6) is 23.0 Å². The number of aromatic hydroxyl groups is 2. The van der Waals surface area contributed by atoms with Gasteiger partial charge in [0.15, 0.2) is 5.78 Å². The average Bonchev–Trinajstić information content (AvgIpc) is 3.54. The minimum absolute atomic E-state index is 0.0114. The Morgan fingerprint density at radius 3 is 1.46 bits per heavy atom. The molecule has 2 fully saturated rings. The van der Waals surface area contributed by atoms with Crippen molar-refractivity contribution in [3.05, 3.63) is 45.4 Å². The molecule has 0 saturated heterocycles. The van der Waals surface area contributed by atoms with E-state index < -0.39 is 10.8 Å². The van der Waals surface area contributed by atoms with Gasteiger partial charge in [0.1, 0.15) is 23.0 Å². The van der Waals surface area contributed by atoms with Gasteiger partial charge in [-0.3, -0.25) is 4.79 Å². The van der Waals surface area contributed by atoms with E-state index in [1.807, 2.05) is 0 Å². The molecule has 0 heterocycles. The number of Topliss-reactive ketones (excluding diaryl/α,β-unsaturated/α-hetero) is 1. The molecule has 0 bridgehead atoms. The Labute approximate surface area is 172 Å². The summed E-state index contributed by atoms with van der Waals surface area (Å²) in [6, 6.07) is 5.90. The van der Waals surface area contributed by atoms with Crippen LogP contribution >= 0.6 is 23.2 Å². The fourth-order valence-electron chi connectivity index (χ4n) is 4.23. The molecule has 2 aromatic rings. The number of carbonyl (C=O) groups excluding carboxylic acids is 1. The summed E-state index contributed by atoms with van der Waals surface area (Å²) in [5, 5.41) is 20.6. The molecule has 5 nitrogen and oxygen atoms in total. The van der Waals surface area contributed by atoms with Crippen molar-refractivity contribution in [3.63, 3.8) is 0 Å². The second kappa shape index (κ2) is 6.46. The standard InChI is InChI=1S/C21H20Cl2O5/c1-27-17-13(7-11(24)9-15(17)22)20(3-4-20)19(26)21(5-6-21)14-8-12(25)10-16(23)18(14)28-2/h7-10,24-25H,3-6H2,1-2H3. The van der Waals surface area contributed by atoms with Gasteiger partial charge in [-0.25, -0.2) is 0 Å². The smallest absolute Gasteiger partial charge is 0.154 e. The van der Waals surface area contributed by atoms with E-state index in [1.165, 1.54) is 26.4 Å². The van der Waals surface area contributed by atoms with Gasteiger partial charge in [-0.15, -0.1) is 0 Å². The Morgan fingerprint density at radius 1 is 0.821 bits per heavy atom.